The number of benzene rings is 3. The minimum Gasteiger partial charge on any atom is -0.294 e. The zero-order valence-electron chi connectivity index (χ0n) is 13.7. The third kappa shape index (κ3) is 4.36. The average molecular weight is 332 g/mol. The van der Waals surface area contributed by atoms with Crippen LogP contribution in [0.5, 0.6) is 0 Å². The quantitative estimate of drug-likeness (QED) is 0.400. The molecule has 0 N–H and O–H groups in total. The van der Waals surface area contributed by atoms with Crippen molar-refractivity contribution in [3.05, 3.63) is 102 Å². The van der Waals surface area contributed by atoms with E-state index in [2.05, 4.69) is 24.3 Å². The van der Waals surface area contributed by atoms with Gasteiger partial charge < -0.3 is 0 Å². The zero-order chi connectivity index (χ0) is 16.8. The molecule has 24 heavy (non-hydrogen) atoms. The van der Waals surface area contributed by atoms with E-state index in [4.69, 9.17) is 0 Å². The van der Waals surface area contributed by atoms with Gasteiger partial charge in [0.25, 0.3) is 0 Å². The Labute approximate surface area is 147 Å². The van der Waals surface area contributed by atoms with Crippen LogP contribution in [-0.4, -0.2) is 5.78 Å². The molecule has 0 amide bonds. The van der Waals surface area contributed by atoms with Crippen LogP contribution in [0.4, 0.5) is 0 Å². The van der Waals surface area contributed by atoms with Crippen molar-refractivity contribution in [2.45, 2.75) is 23.5 Å². The summed E-state index contributed by atoms with van der Waals surface area (Å²) in [5.41, 5.74) is 3.15. The van der Waals surface area contributed by atoms with Crippen LogP contribution in [0.2, 0.25) is 0 Å². The molecule has 0 fully saturated rings. The number of aryl methyl sites for hydroxylation is 1. The molecule has 0 aliphatic heterocycles. The van der Waals surface area contributed by atoms with E-state index >= 15 is 0 Å². The van der Waals surface area contributed by atoms with Gasteiger partial charge >= 0.3 is 0 Å². The van der Waals surface area contributed by atoms with Gasteiger partial charge in [0.2, 0.25) is 0 Å². The molecule has 1 unspecified atom stereocenters. The summed E-state index contributed by atoms with van der Waals surface area (Å²) in [6.45, 7) is 2.03. The van der Waals surface area contributed by atoms with Crippen molar-refractivity contribution in [2.75, 3.05) is 0 Å². The molecule has 0 bridgehead atoms. The third-order valence-electron chi connectivity index (χ3n) is 3.94. The molecular formula is C22H20OS. The molecule has 0 aromatic heterocycles. The number of ketones is 1. The van der Waals surface area contributed by atoms with E-state index < -0.39 is 0 Å². The fraction of sp³-hybridized carbons (Fsp3) is 0.136. The predicted octanol–water partition coefficient (Wildman–Crippen LogP) is 6.10. The number of carbonyl (C=O) groups is 1. The van der Waals surface area contributed by atoms with Crippen molar-refractivity contribution in [1.29, 1.82) is 0 Å². The summed E-state index contributed by atoms with van der Waals surface area (Å²) in [5, 5.41) is 0.113. The highest BCUT2D eigenvalue weighted by Gasteiger charge is 2.18. The predicted molar refractivity (Wildman–Crippen MR) is 102 cm³/mol. The summed E-state index contributed by atoms with van der Waals surface area (Å²) < 4.78 is 0. The van der Waals surface area contributed by atoms with Gasteiger partial charge in [-0.3, -0.25) is 4.79 Å². The van der Waals surface area contributed by atoms with Gasteiger partial charge in [0.15, 0.2) is 5.78 Å². The highest BCUT2D eigenvalue weighted by molar-refractivity contribution is 7.99. The number of carbonyl (C=O) groups excluding carboxylic acids is 1. The highest BCUT2D eigenvalue weighted by atomic mass is 32.2. The van der Waals surface area contributed by atoms with Gasteiger partial charge in [-0.1, -0.05) is 78.4 Å². The van der Waals surface area contributed by atoms with Crippen LogP contribution in [0.3, 0.4) is 0 Å². The molecule has 0 saturated carbocycles. The van der Waals surface area contributed by atoms with E-state index in [0.717, 1.165) is 5.56 Å². The van der Waals surface area contributed by atoms with Crippen molar-refractivity contribution < 1.29 is 4.79 Å². The molecule has 120 valence electrons. The first-order valence-corrected chi connectivity index (χ1v) is 8.97. The Balaban J connectivity index is 1.82. The lowest BCUT2D eigenvalue weighted by atomic mass is 10.0. The van der Waals surface area contributed by atoms with Crippen LogP contribution >= 0.6 is 11.8 Å². The Morgan fingerprint density at radius 3 is 2.04 bits per heavy atom. The monoisotopic (exact) mass is 332 g/mol. The normalized spacial score (nSPS) is 11.9. The number of thioether (sulfide) groups is 1. The zero-order valence-corrected chi connectivity index (χ0v) is 14.5. The van der Waals surface area contributed by atoms with E-state index in [1.54, 1.807) is 11.8 Å². The number of rotatable bonds is 6. The van der Waals surface area contributed by atoms with Gasteiger partial charge in [-0.2, -0.15) is 0 Å². The smallest absolute Gasteiger partial charge is 0.164 e. The summed E-state index contributed by atoms with van der Waals surface area (Å²) >= 11 is 1.75. The molecule has 3 aromatic carbocycles. The fourth-order valence-electron chi connectivity index (χ4n) is 2.58. The van der Waals surface area contributed by atoms with Crippen LogP contribution in [0.25, 0.3) is 0 Å². The third-order valence-corrected chi connectivity index (χ3v) is 5.20. The minimum absolute atomic E-state index is 0.113. The van der Waals surface area contributed by atoms with E-state index in [1.807, 2.05) is 67.6 Å². The molecule has 1 nitrogen and oxygen atoms in total. The van der Waals surface area contributed by atoms with Crippen molar-refractivity contribution in [1.82, 2.24) is 0 Å². The summed E-state index contributed by atoms with van der Waals surface area (Å²) in [4.78, 5) is 13.9. The molecule has 1 atom stereocenters. The number of Topliss-reactive ketones (excluding diaryl/α,β-unsaturated/α-hetero) is 1. The Bertz CT molecular complexity index is 779. The molecule has 2 heteroatoms. The van der Waals surface area contributed by atoms with E-state index in [1.165, 1.54) is 16.0 Å². The molecule has 0 aliphatic rings. The molecule has 0 heterocycles. The largest absolute Gasteiger partial charge is 0.294 e. The summed E-state index contributed by atoms with van der Waals surface area (Å²) in [6, 6.07) is 28.4. The van der Waals surface area contributed by atoms with E-state index in [0.29, 0.717) is 6.42 Å². The molecule has 0 spiro atoms. The Morgan fingerprint density at radius 2 is 1.42 bits per heavy atom. The highest BCUT2D eigenvalue weighted by Crippen LogP contribution is 2.38. The lowest BCUT2D eigenvalue weighted by molar-refractivity contribution is 0.0982. The first-order chi connectivity index (χ1) is 11.7. The van der Waals surface area contributed by atoms with Gasteiger partial charge in [0.1, 0.15) is 0 Å². The van der Waals surface area contributed by atoms with Crippen LogP contribution in [0, 0.1) is 6.92 Å². The maximum Gasteiger partial charge on any atom is 0.164 e. The Kier molecular flexibility index (Phi) is 5.50. The number of hydrogen-bond acceptors (Lipinski definition) is 2. The lowest BCUT2D eigenvalue weighted by Crippen LogP contribution is -2.05. The van der Waals surface area contributed by atoms with Crippen molar-refractivity contribution >= 4 is 17.5 Å². The van der Waals surface area contributed by atoms with E-state index in [-0.39, 0.29) is 11.0 Å². The van der Waals surface area contributed by atoms with Gasteiger partial charge in [-0.05, 0) is 24.6 Å². The molecule has 0 aliphatic carbocycles. The number of hydrogen-bond donors (Lipinski definition) is 0. The molecule has 0 radical (unpaired) electrons. The van der Waals surface area contributed by atoms with Gasteiger partial charge in [-0.15, -0.1) is 11.8 Å². The fourth-order valence-corrected chi connectivity index (χ4v) is 3.75. The second kappa shape index (κ2) is 7.98. The second-order valence-corrected chi connectivity index (χ2v) is 7.10. The Morgan fingerprint density at radius 1 is 0.833 bits per heavy atom. The van der Waals surface area contributed by atoms with Gasteiger partial charge in [0, 0.05) is 22.1 Å². The summed E-state index contributed by atoms with van der Waals surface area (Å²) in [5.74, 6) is 0.187. The van der Waals surface area contributed by atoms with Gasteiger partial charge in [-0.25, -0.2) is 0 Å². The Hall–Kier alpha value is -2.32. The standard InChI is InChI=1S/C22H20OS/c1-17-12-14-18(15-13-17)21(23)16-22(19-8-4-2-5-9-19)24-20-10-6-3-7-11-20/h2-15,22H,16H2,1H3. The molecule has 3 aromatic rings. The molecule has 3 rings (SSSR count). The van der Waals surface area contributed by atoms with Crippen molar-refractivity contribution in [2.24, 2.45) is 0 Å². The van der Waals surface area contributed by atoms with Crippen LogP contribution in [-0.2, 0) is 0 Å². The van der Waals surface area contributed by atoms with Crippen LogP contribution < -0.4 is 0 Å². The lowest BCUT2D eigenvalue weighted by Gasteiger charge is -2.16. The average Bonchev–Trinajstić information content (AvgIpc) is 2.63. The first kappa shape index (κ1) is 16.5. The SMILES string of the molecule is Cc1ccc(C(=O)CC(Sc2ccccc2)c2ccccc2)cc1. The topological polar surface area (TPSA) is 17.1 Å². The van der Waals surface area contributed by atoms with Crippen LogP contribution in [0.15, 0.2) is 89.8 Å². The van der Waals surface area contributed by atoms with Crippen LogP contribution in [0.1, 0.15) is 33.2 Å². The first-order valence-electron chi connectivity index (χ1n) is 8.09. The summed E-state index contributed by atoms with van der Waals surface area (Å²) in [6.07, 6.45) is 0.493. The van der Waals surface area contributed by atoms with Crippen molar-refractivity contribution in [3.63, 3.8) is 0 Å². The maximum absolute atomic E-state index is 12.7. The summed E-state index contributed by atoms with van der Waals surface area (Å²) in [7, 11) is 0. The molecule has 0 saturated heterocycles. The van der Waals surface area contributed by atoms with E-state index in [9.17, 15) is 4.79 Å². The van der Waals surface area contributed by atoms with Crippen molar-refractivity contribution in [3.8, 4) is 0 Å². The second-order valence-electron chi connectivity index (χ2n) is 5.82. The maximum atomic E-state index is 12.7. The minimum atomic E-state index is 0.113. The molecular weight excluding hydrogens is 312 g/mol. The van der Waals surface area contributed by atoms with Gasteiger partial charge in [0.05, 0.1) is 0 Å².